The van der Waals surface area contributed by atoms with E-state index in [-0.39, 0.29) is 6.71 Å². The van der Waals surface area contributed by atoms with E-state index in [0.717, 1.165) is 34.0 Å². The van der Waals surface area contributed by atoms with E-state index in [9.17, 15) is 0 Å². The lowest BCUT2D eigenvalue weighted by Gasteiger charge is -2.35. The van der Waals surface area contributed by atoms with Gasteiger partial charge in [-0.1, -0.05) is 109 Å². The Hall–Kier alpha value is -5.54. The predicted octanol–water partition coefficient (Wildman–Crippen LogP) is 9.31. The molecule has 2 aliphatic rings. The van der Waals surface area contributed by atoms with E-state index in [2.05, 4.69) is 141 Å². The summed E-state index contributed by atoms with van der Waals surface area (Å²) in [5, 5.41) is 9.78. The number of benzene rings is 8. The fourth-order valence-electron chi connectivity index (χ4n) is 7.99. The molecule has 0 unspecified atom stereocenters. The second-order valence-corrected chi connectivity index (χ2v) is 12.5. The smallest absolute Gasteiger partial charge is 0.260 e. The van der Waals surface area contributed by atoms with Gasteiger partial charge in [0, 0.05) is 5.46 Å². The number of hydrogen-bond donors (Lipinski definition) is 0. The summed E-state index contributed by atoms with van der Waals surface area (Å²) >= 11 is 0. The third-order valence-corrected chi connectivity index (χ3v) is 10.1. The van der Waals surface area contributed by atoms with Crippen LogP contribution >= 0.6 is 0 Å². The van der Waals surface area contributed by atoms with Crippen molar-refractivity contribution in [2.75, 3.05) is 0 Å². The van der Waals surface area contributed by atoms with Crippen LogP contribution in [0.3, 0.4) is 0 Å². The van der Waals surface area contributed by atoms with Crippen LogP contribution in [0, 0.1) is 13.8 Å². The molecule has 2 nitrogen and oxygen atoms in total. The average molecular weight is 574 g/mol. The molecule has 210 valence electrons. The molecule has 45 heavy (non-hydrogen) atoms. The van der Waals surface area contributed by atoms with Crippen LogP contribution < -0.4 is 25.9 Å². The molecule has 0 bridgehead atoms. The van der Waals surface area contributed by atoms with Crippen LogP contribution in [0.15, 0.2) is 127 Å². The molecule has 0 aliphatic carbocycles. The lowest BCUT2D eigenvalue weighted by molar-refractivity contribution is 0.462. The molecule has 0 amide bonds. The Morgan fingerprint density at radius 1 is 0.444 bits per heavy atom. The van der Waals surface area contributed by atoms with E-state index in [4.69, 9.17) is 9.47 Å². The monoisotopic (exact) mass is 574 g/mol. The van der Waals surface area contributed by atoms with Crippen molar-refractivity contribution in [2.24, 2.45) is 0 Å². The Morgan fingerprint density at radius 3 is 1.31 bits per heavy atom. The largest absolute Gasteiger partial charge is 0.458 e. The third-order valence-electron chi connectivity index (χ3n) is 10.1. The fourth-order valence-corrected chi connectivity index (χ4v) is 7.99. The molecule has 0 aromatic heterocycles. The van der Waals surface area contributed by atoms with Crippen molar-refractivity contribution in [1.29, 1.82) is 0 Å². The molecular weight excluding hydrogens is 547 g/mol. The van der Waals surface area contributed by atoms with Crippen molar-refractivity contribution in [3.05, 3.63) is 139 Å². The van der Waals surface area contributed by atoms with Crippen molar-refractivity contribution in [1.82, 2.24) is 0 Å². The van der Waals surface area contributed by atoms with Gasteiger partial charge in [-0.2, -0.15) is 0 Å². The van der Waals surface area contributed by atoms with Crippen LogP contribution in [0.4, 0.5) is 0 Å². The number of fused-ring (bicyclic) bond motifs is 8. The zero-order valence-electron chi connectivity index (χ0n) is 25.0. The summed E-state index contributed by atoms with van der Waals surface area (Å²) in [6.07, 6.45) is 0. The quantitative estimate of drug-likeness (QED) is 0.144. The minimum Gasteiger partial charge on any atom is -0.458 e. The van der Waals surface area contributed by atoms with Crippen LogP contribution in [-0.2, 0) is 0 Å². The average Bonchev–Trinajstić information content (AvgIpc) is 3.08. The molecule has 2 aliphatic heterocycles. The SMILES string of the molecule is Cc1c2c(cc3ccccc13)B1c3cc4ccccc4c(C)c3Oc3cc(-c4c5ccccc5cc5ccccc45)cc(c31)O2. The molecule has 8 aromatic rings. The molecule has 0 saturated carbocycles. The standard InChI is InChI=1S/C42H27BO2/c1-24-31-15-7-3-13-28(31)20-35-41(24)44-37-22-30(39-33-17-9-5-11-26(33)19-27-12-6-10-18-34(27)39)23-38-40(37)43(35)36-21-29-14-4-8-16-32(29)25(2)42(36)45-38/h3-23H,1-2H3. The van der Waals surface area contributed by atoms with Gasteiger partial charge in [-0.3, -0.25) is 0 Å². The van der Waals surface area contributed by atoms with Crippen LogP contribution in [0.25, 0.3) is 54.2 Å². The van der Waals surface area contributed by atoms with E-state index in [1.165, 1.54) is 70.7 Å². The van der Waals surface area contributed by atoms with E-state index >= 15 is 0 Å². The fraction of sp³-hybridized carbons (Fsp3) is 0.0476. The summed E-state index contributed by atoms with van der Waals surface area (Å²) in [6, 6.07) is 46.1. The van der Waals surface area contributed by atoms with Gasteiger partial charge in [-0.15, -0.1) is 0 Å². The number of rotatable bonds is 1. The Labute approximate surface area is 261 Å². The van der Waals surface area contributed by atoms with Crippen molar-refractivity contribution in [3.8, 4) is 34.1 Å². The van der Waals surface area contributed by atoms with Gasteiger partial charge in [0.25, 0.3) is 6.71 Å². The van der Waals surface area contributed by atoms with Crippen molar-refractivity contribution in [3.63, 3.8) is 0 Å². The van der Waals surface area contributed by atoms with E-state index in [1.807, 2.05) is 0 Å². The molecule has 3 heteroatoms. The van der Waals surface area contributed by atoms with Gasteiger partial charge in [-0.25, -0.2) is 0 Å². The highest BCUT2D eigenvalue weighted by atomic mass is 16.5. The predicted molar refractivity (Wildman–Crippen MR) is 189 cm³/mol. The van der Waals surface area contributed by atoms with Gasteiger partial charge in [0.15, 0.2) is 0 Å². The molecule has 0 saturated heterocycles. The van der Waals surface area contributed by atoms with Gasteiger partial charge < -0.3 is 9.47 Å². The molecule has 2 heterocycles. The summed E-state index contributed by atoms with van der Waals surface area (Å²) in [4.78, 5) is 0. The second kappa shape index (κ2) is 9.00. The first-order valence-corrected chi connectivity index (χ1v) is 15.6. The normalized spacial score (nSPS) is 13.0. The molecule has 8 aromatic carbocycles. The number of ether oxygens (including phenoxy) is 2. The summed E-state index contributed by atoms with van der Waals surface area (Å²) < 4.78 is 14.0. The number of aryl methyl sites for hydroxylation is 2. The lowest BCUT2D eigenvalue weighted by atomic mass is 9.34. The number of hydrogen-bond acceptors (Lipinski definition) is 2. The minimum absolute atomic E-state index is 0.00701. The molecule has 0 N–H and O–H groups in total. The highest BCUT2D eigenvalue weighted by molar-refractivity contribution is 6.98. The van der Waals surface area contributed by atoms with Gasteiger partial charge in [0.2, 0.25) is 0 Å². The summed E-state index contributed by atoms with van der Waals surface area (Å²) in [7, 11) is 0. The van der Waals surface area contributed by atoms with Gasteiger partial charge in [0.05, 0.1) is 0 Å². The van der Waals surface area contributed by atoms with Crippen LogP contribution in [0.1, 0.15) is 11.1 Å². The summed E-state index contributed by atoms with van der Waals surface area (Å²) in [5.74, 6) is 3.64. The van der Waals surface area contributed by atoms with Crippen molar-refractivity contribution < 1.29 is 9.47 Å². The Balaban J connectivity index is 1.32. The molecular formula is C42H27BO2. The van der Waals surface area contributed by atoms with Gasteiger partial charge in [0.1, 0.15) is 23.0 Å². The Bertz CT molecular complexity index is 2410. The highest BCUT2D eigenvalue weighted by Crippen LogP contribution is 2.45. The topological polar surface area (TPSA) is 18.5 Å². The Morgan fingerprint density at radius 2 is 0.844 bits per heavy atom. The summed E-state index contributed by atoms with van der Waals surface area (Å²) in [5.41, 5.74) is 8.13. The molecule has 0 spiro atoms. The molecule has 0 radical (unpaired) electrons. The first-order chi connectivity index (χ1) is 22.1. The Kier molecular flexibility index (Phi) is 4.97. The maximum Gasteiger partial charge on any atom is 0.260 e. The lowest BCUT2D eigenvalue weighted by Crippen LogP contribution is -2.57. The van der Waals surface area contributed by atoms with Gasteiger partial charge in [-0.05, 0) is 108 Å². The third kappa shape index (κ3) is 3.41. The maximum absolute atomic E-state index is 7.00. The van der Waals surface area contributed by atoms with E-state index < -0.39 is 0 Å². The first-order valence-electron chi connectivity index (χ1n) is 15.6. The molecule has 0 atom stereocenters. The highest BCUT2D eigenvalue weighted by Gasteiger charge is 2.42. The molecule has 10 rings (SSSR count). The molecule has 0 fully saturated rings. The van der Waals surface area contributed by atoms with Crippen molar-refractivity contribution in [2.45, 2.75) is 13.8 Å². The summed E-state index contributed by atoms with van der Waals surface area (Å²) in [6.45, 7) is 4.38. The van der Waals surface area contributed by atoms with Crippen molar-refractivity contribution >= 4 is 66.2 Å². The first kappa shape index (κ1) is 24.9. The van der Waals surface area contributed by atoms with Crippen LogP contribution in [0.2, 0.25) is 0 Å². The minimum atomic E-state index is -0.00701. The van der Waals surface area contributed by atoms with E-state index in [0.29, 0.717) is 0 Å². The van der Waals surface area contributed by atoms with Crippen LogP contribution in [-0.4, -0.2) is 6.71 Å². The zero-order chi connectivity index (χ0) is 29.8. The zero-order valence-corrected chi connectivity index (χ0v) is 25.0. The second-order valence-electron chi connectivity index (χ2n) is 12.5. The maximum atomic E-state index is 7.00. The van der Waals surface area contributed by atoms with Crippen LogP contribution in [0.5, 0.6) is 23.0 Å². The van der Waals surface area contributed by atoms with E-state index in [1.54, 1.807) is 0 Å². The van der Waals surface area contributed by atoms with Gasteiger partial charge >= 0.3 is 0 Å².